The lowest BCUT2D eigenvalue weighted by Gasteiger charge is -2.34. The zero-order valence-corrected chi connectivity index (χ0v) is 24.9. The maximum atomic E-state index is 14.3. The van der Waals surface area contributed by atoms with Crippen LogP contribution >= 0.6 is 0 Å². The monoisotopic (exact) mass is 570 g/mol. The number of benzene rings is 3. The molecule has 3 amide bonds. The molecule has 0 aliphatic carbocycles. The molecule has 0 saturated heterocycles. The van der Waals surface area contributed by atoms with E-state index in [1.165, 1.54) is 4.90 Å². The zero-order chi connectivity index (χ0) is 30.9. The van der Waals surface area contributed by atoms with Gasteiger partial charge in [0.2, 0.25) is 5.91 Å². The highest BCUT2D eigenvalue weighted by atomic mass is 16.6. The SMILES string of the molecule is COc1ccc(NC(=O)C(c2c(C)cccc2C)N(CC#N)C(=O)C(Cc2ccccc2)NC(=O)OC(C)(C)C)cc1. The number of ether oxygens (including phenoxy) is 2. The molecule has 2 N–H and O–H groups in total. The summed E-state index contributed by atoms with van der Waals surface area (Å²) in [6, 6.07) is 21.3. The van der Waals surface area contributed by atoms with E-state index in [0.717, 1.165) is 16.7 Å². The quantitative estimate of drug-likeness (QED) is 0.312. The lowest BCUT2D eigenvalue weighted by molar-refractivity contribution is -0.140. The van der Waals surface area contributed by atoms with Gasteiger partial charge in [0.25, 0.3) is 5.91 Å². The van der Waals surface area contributed by atoms with E-state index in [9.17, 15) is 19.6 Å². The second-order valence-corrected chi connectivity index (χ2v) is 10.9. The second kappa shape index (κ2) is 14.2. The van der Waals surface area contributed by atoms with Crippen molar-refractivity contribution in [2.24, 2.45) is 0 Å². The summed E-state index contributed by atoms with van der Waals surface area (Å²) in [5, 5.41) is 15.4. The van der Waals surface area contributed by atoms with Crippen molar-refractivity contribution in [1.82, 2.24) is 10.2 Å². The van der Waals surface area contributed by atoms with Crippen molar-refractivity contribution in [3.63, 3.8) is 0 Å². The topological polar surface area (TPSA) is 121 Å². The number of carbonyl (C=O) groups excluding carboxylic acids is 3. The minimum absolute atomic E-state index is 0.125. The van der Waals surface area contributed by atoms with Crippen LogP contribution in [0.2, 0.25) is 0 Å². The van der Waals surface area contributed by atoms with Crippen molar-refractivity contribution < 1.29 is 23.9 Å². The third-order valence-corrected chi connectivity index (χ3v) is 6.53. The van der Waals surface area contributed by atoms with E-state index in [1.54, 1.807) is 52.1 Å². The minimum atomic E-state index is -1.17. The van der Waals surface area contributed by atoms with Gasteiger partial charge in [0.15, 0.2) is 0 Å². The third kappa shape index (κ3) is 8.58. The molecule has 2 unspecified atom stereocenters. The number of amides is 3. The average Bonchev–Trinajstić information content (AvgIpc) is 2.93. The van der Waals surface area contributed by atoms with Crippen LogP contribution in [0.3, 0.4) is 0 Å². The van der Waals surface area contributed by atoms with Gasteiger partial charge in [-0.3, -0.25) is 9.59 Å². The van der Waals surface area contributed by atoms with Gasteiger partial charge in [-0.1, -0.05) is 48.5 Å². The number of hydrogen-bond donors (Lipinski definition) is 2. The molecule has 220 valence electrons. The summed E-state index contributed by atoms with van der Waals surface area (Å²) in [7, 11) is 1.55. The molecule has 0 aliphatic heterocycles. The zero-order valence-electron chi connectivity index (χ0n) is 24.9. The molecule has 0 radical (unpaired) electrons. The summed E-state index contributed by atoms with van der Waals surface area (Å²) in [6.45, 7) is 8.49. The number of nitrogens with one attached hydrogen (secondary N) is 2. The fourth-order valence-corrected chi connectivity index (χ4v) is 4.64. The molecule has 3 aromatic rings. The number of nitrogens with zero attached hydrogens (tertiary/aromatic N) is 2. The molecule has 3 aromatic carbocycles. The molecule has 42 heavy (non-hydrogen) atoms. The molecular formula is C33H38N4O5. The van der Waals surface area contributed by atoms with Crippen molar-refractivity contribution >= 4 is 23.6 Å². The number of nitriles is 1. The van der Waals surface area contributed by atoms with Crippen molar-refractivity contribution in [2.45, 2.75) is 58.7 Å². The Bertz CT molecular complexity index is 1410. The van der Waals surface area contributed by atoms with Crippen molar-refractivity contribution in [3.05, 3.63) is 95.1 Å². The Morgan fingerprint density at radius 3 is 2.10 bits per heavy atom. The van der Waals surface area contributed by atoms with E-state index >= 15 is 0 Å². The first kappa shape index (κ1) is 31.7. The maximum Gasteiger partial charge on any atom is 0.408 e. The van der Waals surface area contributed by atoms with Crippen LogP contribution in [0.25, 0.3) is 0 Å². The summed E-state index contributed by atoms with van der Waals surface area (Å²) in [5.74, 6) is -0.474. The molecule has 0 bridgehead atoms. The van der Waals surface area contributed by atoms with E-state index in [1.807, 2.05) is 68.4 Å². The van der Waals surface area contributed by atoms with E-state index < -0.39 is 42.1 Å². The lowest BCUT2D eigenvalue weighted by Crippen LogP contribution is -2.53. The Balaban J connectivity index is 2.08. The molecular weight excluding hydrogens is 532 g/mol. The smallest absolute Gasteiger partial charge is 0.408 e. The molecule has 0 fully saturated rings. The summed E-state index contributed by atoms with van der Waals surface area (Å²) in [6.07, 6.45) is -0.652. The molecule has 9 nitrogen and oxygen atoms in total. The van der Waals surface area contributed by atoms with Gasteiger partial charge >= 0.3 is 6.09 Å². The van der Waals surface area contributed by atoms with Gasteiger partial charge in [-0.25, -0.2) is 4.79 Å². The van der Waals surface area contributed by atoms with Gasteiger partial charge in [-0.2, -0.15) is 5.26 Å². The van der Waals surface area contributed by atoms with Crippen molar-refractivity contribution in [2.75, 3.05) is 19.0 Å². The van der Waals surface area contributed by atoms with Crippen LogP contribution in [-0.2, 0) is 20.7 Å². The first-order valence-electron chi connectivity index (χ1n) is 13.7. The summed E-state index contributed by atoms with van der Waals surface area (Å²) < 4.78 is 10.7. The van der Waals surface area contributed by atoms with Crippen LogP contribution in [0.4, 0.5) is 10.5 Å². The number of carbonyl (C=O) groups is 3. The Morgan fingerprint density at radius 2 is 1.55 bits per heavy atom. The molecule has 0 saturated carbocycles. The molecule has 2 atom stereocenters. The molecule has 0 aliphatic rings. The van der Waals surface area contributed by atoms with Crippen LogP contribution in [-0.4, -0.2) is 48.1 Å². The molecule has 0 heterocycles. The molecule has 0 aromatic heterocycles. The molecule has 0 spiro atoms. The van der Waals surface area contributed by atoms with Gasteiger partial charge in [-0.15, -0.1) is 0 Å². The number of alkyl carbamates (subject to hydrolysis) is 1. The number of aryl methyl sites for hydroxylation is 2. The Labute approximate surface area is 247 Å². The fraction of sp³-hybridized carbons (Fsp3) is 0.333. The highest BCUT2D eigenvalue weighted by Gasteiger charge is 2.37. The summed E-state index contributed by atoms with van der Waals surface area (Å²) in [4.78, 5) is 42.4. The van der Waals surface area contributed by atoms with Crippen LogP contribution in [0, 0.1) is 25.2 Å². The predicted octanol–water partition coefficient (Wildman–Crippen LogP) is 5.48. The maximum absolute atomic E-state index is 14.3. The van der Waals surface area contributed by atoms with E-state index in [4.69, 9.17) is 9.47 Å². The van der Waals surface area contributed by atoms with E-state index in [-0.39, 0.29) is 6.42 Å². The Kier molecular flexibility index (Phi) is 10.7. The predicted molar refractivity (Wildman–Crippen MR) is 161 cm³/mol. The first-order chi connectivity index (χ1) is 19.9. The van der Waals surface area contributed by atoms with Gasteiger partial charge in [-0.05, 0) is 81.1 Å². The second-order valence-electron chi connectivity index (χ2n) is 10.9. The number of methoxy groups -OCH3 is 1. The minimum Gasteiger partial charge on any atom is -0.497 e. The molecule has 3 rings (SSSR count). The molecule has 9 heteroatoms. The average molecular weight is 571 g/mol. The van der Waals surface area contributed by atoms with Crippen LogP contribution in [0.15, 0.2) is 72.8 Å². The van der Waals surface area contributed by atoms with Crippen LogP contribution in [0.5, 0.6) is 5.75 Å². The van der Waals surface area contributed by atoms with Gasteiger partial charge in [0.05, 0.1) is 13.2 Å². The summed E-state index contributed by atoms with van der Waals surface area (Å²) in [5.41, 5.74) is 2.64. The number of hydrogen-bond acceptors (Lipinski definition) is 6. The van der Waals surface area contributed by atoms with Crippen molar-refractivity contribution in [1.29, 1.82) is 5.26 Å². The van der Waals surface area contributed by atoms with Gasteiger partial charge < -0.3 is 25.0 Å². The summed E-state index contributed by atoms with van der Waals surface area (Å²) >= 11 is 0. The normalized spacial score (nSPS) is 12.3. The number of anilines is 1. The van der Waals surface area contributed by atoms with Gasteiger partial charge in [0.1, 0.15) is 30.0 Å². The van der Waals surface area contributed by atoms with Gasteiger partial charge in [0, 0.05) is 12.1 Å². The highest BCUT2D eigenvalue weighted by Crippen LogP contribution is 2.30. The lowest BCUT2D eigenvalue weighted by atomic mass is 9.93. The Morgan fingerprint density at radius 1 is 0.929 bits per heavy atom. The van der Waals surface area contributed by atoms with Crippen LogP contribution < -0.4 is 15.4 Å². The first-order valence-corrected chi connectivity index (χ1v) is 13.7. The third-order valence-electron chi connectivity index (χ3n) is 6.53. The fourth-order valence-electron chi connectivity index (χ4n) is 4.64. The Hall–Kier alpha value is -4.84. The van der Waals surface area contributed by atoms with E-state index in [0.29, 0.717) is 17.0 Å². The largest absolute Gasteiger partial charge is 0.497 e. The van der Waals surface area contributed by atoms with Crippen molar-refractivity contribution in [3.8, 4) is 11.8 Å². The number of rotatable bonds is 10. The van der Waals surface area contributed by atoms with Crippen LogP contribution in [0.1, 0.15) is 49.1 Å². The standard InChI is InChI=1S/C33H38N4O5/c1-22-11-10-12-23(2)28(22)29(30(38)35-25-15-17-26(41-6)18-16-25)37(20-19-34)31(39)27(21-24-13-8-7-9-14-24)36-32(40)42-33(3,4)5/h7-18,27,29H,20-21H2,1-6H3,(H,35,38)(H,36,40). The highest BCUT2D eigenvalue weighted by molar-refractivity contribution is 5.99. The van der Waals surface area contributed by atoms with E-state index in [2.05, 4.69) is 10.6 Å².